The maximum atomic E-state index is 15.1. The van der Waals surface area contributed by atoms with Crippen LogP contribution in [0.5, 0.6) is 0 Å². The highest BCUT2D eigenvalue weighted by atomic mass is 16.7. The van der Waals surface area contributed by atoms with E-state index in [1.807, 2.05) is 0 Å². The Kier molecular flexibility index (Phi) is 10.4. The van der Waals surface area contributed by atoms with E-state index in [0.717, 1.165) is 41.5 Å². The lowest BCUT2D eigenvalue weighted by Crippen LogP contribution is -2.88. The molecule has 1 aromatic heterocycles. The van der Waals surface area contributed by atoms with Gasteiger partial charge in [-0.25, -0.2) is 4.79 Å². The van der Waals surface area contributed by atoms with E-state index in [2.05, 4.69) is 4.98 Å². The molecule has 54 heavy (non-hydrogen) atoms. The van der Waals surface area contributed by atoms with Gasteiger partial charge in [0.25, 0.3) is 0 Å². The molecule has 2 saturated carbocycles. The van der Waals surface area contributed by atoms with Gasteiger partial charge in [0.15, 0.2) is 35.8 Å². The molecule has 0 aromatic carbocycles. The van der Waals surface area contributed by atoms with Crippen LogP contribution in [0.15, 0.2) is 18.3 Å². The van der Waals surface area contributed by atoms with Gasteiger partial charge in [0, 0.05) is 46.7 Å². The monoisotopic (exact) mass is 761 g/mol. The van der Waals surface area contributed by atoms with Crippen LogP contribution in [-0.2, 0) is 71.5 Å². The van der Waals surface area contributed by atoms with Crippen molar-refractivity contribution < 1.29 is 81.4 Å². The number of rotatable bonds is 6. The second kappa shape index (κ2) is 14.0. The molecule has 4 bridgehead atoms. The van der Waals surface area contributed by atoms with Gasteiger partial charge in [-0.3, -0.25) is 38.5 Å². The van der Waals surface area contributed by atoms with Gasteiger partial charge in [-0.2, -0.15) is 0 Å². The SMILES string of the molecule is CC(=O)OC[C@]12[C@H](OC(C)=O)C(=O)[C@@H]3[C@@H](OC(C)=O)[C@@]14O[C@@]3(C)COC(=O)c1cccnc1[C@@H](C)[C@@H](C)C(=O)O[C@@H]([C@H](OC(C)=O)[C@@H]2OC(C)=O)[C@]4(C)O. The lowest BCUT2D eigenvalue weighted by molar-refractivity contribution is -0.376. The second-order valence-electron chi connectivity index (χ2n) is 14.6. The minimum absolute atomic E-state index is 0.0470. The molecule has 12 atom stereocenters. The standard InChI is InChI=1S/C36H43NO17/c1-15-16(2)31(44)53-29-26(49-18(4)39)30(52-21(7)42)35(14-47-17(3)38)28(51-20(6)41)25(43)23-27(50-19(5)40)36(35,34(29,9)46)54-33(23,8)13-48-32(45)22-11-10-12-37-24(15)22/h10-12,15-16,23,26-30,46H,13-14H2,1-9H3/t15-,16+,23+,26-,27+,28+,29-,30-,33-,34-,35+,36-/m0/s1. The van der Waals surface area contributed by atoms with E-state index < -0.39 is 131 Å². The molecular weight excluding hydrogens is 718 g/mol. The number of aliphatic hydroxyl groups is 1. The zero-order valence-electron chi connectivity index (χ0n) is 31.2. The molecule has 294 valence electrons. The van der Waals surface area contributed by atoms with Crippen molar-refractivity contribution in [1.82, 2.24) is 4.98 Å². The number of carbonyl (C=O) groups excluding carboxylic acids is 8. The summed E-state index contributed by atoms with van der Waals surface area (Å²) in [6.07, 6.45) is -9.01. The molecule has 18 nitrogen and oxygen atoms in total. The summed E-state index contributed by atoms with van der Waals surface area (Å²) in [6.45, 7) is 8.38. The molecule has 2 aliphatic carbocycles. The molecule has 4 aliphatic rings. The lowest BCUT2D eigenvalue weighted by Gasteiger charge is -2.66. The van der Waals surface area contributed by atoms with Crippen LogP contribution in [0.3, 0.4) is 0 Å². The molecule has 1 saturated heterocycles. The Hall–Kier alpha value is -4.97. The predicted molar refractivity (Wildman–Crippen MR) is 175 cm³/mol. The Labute approximate surface area is 309 Å². The number of ketones is 1. The van der Waals surface area contributed by atoms with Gasteiger partial charge < -0.3 is 43.0 Å². The molecule has 0 amide bonds. The number of ether oxygens (including phenoxy) is 8. The highest BCUT2D eigenvalue weighted by molar-refractivity contribution is 5.94. The van der Waals surface area contributed by atoms with Crippen molar-refractivity contribution in [2.45, 2.75) is 116 Å². The highest BCUT2D eigenvalue weighted by Gasteiger charge is 2.91. The third-order valence-corrected chi connectivity index (χ3v) is 10.9. The molecule has 1 N–H and O–H groups in total. The summed E-state index contributed by atoms with van der Waals surface area (Å²) in [7, 11) is 0. The van der Waals surface area contributed by atoms with E-state index in [1.54, 1.807) is 6.92 Å². The third-order valence-electron chi connectivity index (χ3n) is 10.9. The van der Waals surface area contributed by atoms with E-state index >= 15 is 4.79 Å². The fraction of sp³-hybridized carbons (Fsp3) is 0.639. The zero-order valence-corrected chi connectivity index (χ0v) is 31.2. The van der Waals surface area contributed by atoms with Crippen LogP contribution < -0.4 is 0 Å². The maximum Gasteiger partial charge on any atom is 0.340 e. The van der Waals surface area contributed by atoms with Gasteiger partial charge in [0.05, 0.1) is 23.1 Å². The molecule has 5 rings (SSSR count). The Bertz CT molecular complexity index is 1790. The number of hydrogen-bond acceptors (Lipinski definition) is 18. The quantitative estimate of drug-likeness (QED) is 0.309. The number of pyridine rings is 1. The fourth-order valence-electron chi connectivity index (χ4n) is 8.70. The lowest BCUT2D eigenvalue weighted by atomic mass is 9.45. The molecule has 0 radical (unpaired) electrons. The molecule has 0 unspecified atom stereocenters. The zero-order chi connectivity index (χ0) is 40.3. The molecule has 3 fully saturated rings. The first kappa shape index (κ1) is 40.2. The first-order valence-electron chi connectivity index (χ1n) is 17.2. The van der Waals surface area contributed by atoms with Crippen molar-refractivity contribution in [1.29, 1.82) is 0 Å². The van der Waals surface area contributed by atoms with Crippen molar-refractivity contribution in [2.24, 2.45) is 17.3 Å². The minimum Gasteiger partial charge on any atom is -0.465 e. The number of cyclic esters (lactones) is 1. The average Bonchev–Trinajstić information content (AvgIpc) is 3.30. The Morgan fingerprint density at radius 3 is 2.02 bits per heavy atom. The summed E-state index contributed by atoms with van der Waals surface area (Å²) in [5.74, 6) is -12.0. The normalized spacial score (nSPS) is 38.4. The summed E-state index contributed by atoms with van der Waals surface area (Å²) >= 11 is 0. The molecule has 3 heterocycles. The third kappa shape index (κ3) is 6.08. The van der Waals surface area contributed by atoms with Crippen molar-refractivity contribution in [3.8, 4) is 0 Å². The van der Waals surface area contributed by atoms with E-state index in [-0.39, 0.29) is 11.3 Å². The second-order valence-corrected chi connectivity index (χ2v) is 14.6. The van der Waals surface area contributed by atoms with Gasteiger partial charge in [-0.05, 0) is 26.0 Å². The minimum atomic E-state index is -2.82. The summed E-state index contributed by atoms with van der Waals surface area (Å²) in [5.41, 5.74) is -10.2. The van der Waals surface area contributed by atoms with Crippen LogP contribution >= 0.6 is 0 Å². The average molecular weight is 762 g/mol. The molecule has 1 aromatic rings. The van der Waals surface area contributed by atoms with Gasteiger partial charge >= 0.3 is 41.8 Å². The number of esters is 7. The first-order chi connectivity index (χ1) is 25.1. The molecule has 18 heteroatoms. The summed E-state index contributed by atoms with van der Waals surface area (Å²) in [6, 6.07) is 2.88. The first-order valence-corrected chi connectivity index (χ1v) is 17.2. The van der Waals surface area contributed by atoms with Gasteiger partial charge in [-0.15, -0.1) is 0 Å². The van der Waals surface area contributed by atoms with Crippen molar-refractivity contribution >= 4 is 47.6 Å². The largest absolute Gasteiger partial charge is 0.465 e. The van der Waals surface area contributed by atoms with E-state index in [9.17, 15) is 38.7 Å². The smallest absolute Gasteiger partial charge is 0.340 e. The topological polar surface area (TPSA) is 244 Å². The fourth-order valence-corrected chi connectivity index (χ4v) is 8.70. The van der Waals surface area contributed by atoms with Crippen molar-refractivity contribution in [3.63, 3.8) is 0 Å². The maximum absolute atomic E-state index is 15.1. The van der Waals surface area contributed by atoms with E-state index in [4.69, 9.17) is 37.9 Å². The van der Waals surface area contributed by atoms with Gasteiger partial charge in [0.1, 0.15) is 35.9 Å². The molecular formula is C36H43NO17. The van der Waals surface area contributed by atoms with Crippen molar-refractivity contribution in [2.75, 3.05) is 13.2 Å². The van der Waals surface area contributed by atoms with Crippen LogP contribution in [0.25, 0.3) is 0 Å². The molecule has 1 spiro atoms. The van der Waals surface area contributed by atoms with Crippen LogP contribution in [0.2, 0.25) is 0 Å². The van der Waals surface area contributed by atoms with Gasteiger partial charge in [0.2, 0.25) is 0 Å². The van der Waals surface area contributed by atoms with Gasteiger partial charge in [-0.1, -0.05) is 13.8 Å². The predicted octanol–water partition coefficient (Wildman–Crippen LogP) is 0.671. The number of fused-ring (bicyclic) bond motifs is 5. The summed E-state index contributed by atoms with van der Waals surface area (Å²) in [4.78, 5) is 112. The number of aromatic nitrogens is 1. The Morgan fingerprint density at radius 2 is 1.44 bits per heavy atom. The number of hydrogen-bond donors (Lipinski definition) is 1. The Balaban J connectivity index is 1.97. The Morgan fingerprint density at radius 1 is 0.852 bits per heavy atom. The summed E-state index contributed by atoms with van der Waals surface area (Å²) in [5, 5.41) is 13.2. The van der Waals surface area contributed by atoms with Crippen LogP contribution in [0.4, 0.5) is 0 Å². The number of nitrogens with zero attached hydrogens (tertiary/aromatic N) is 1. The molecule has 2 aliphatic heterocycles. The number of carbonyl (C=O) groups is 8. The van der Waals surface area contributed by atoms with Crippen LogP contribution in [0.1, 0.15) is 84.3 Å². The van der Waals surface area contributed by atoms with Crippen LogP contribution in [-0.4, -0.2) is 118 Å². The van der Waals surface area contributed by atoms with E-state index in [1.165, 1.54) is 32.2 Å². The van der Waals surface area contributed by atoms with E-state index in [0.29, 0.717) is 0 Å². The van der Waals surface area contributed by atoms with Crippen LogP contribution in [0, 0.1) is 17.3 Å². The highest BCUT2D eigenvalue weighted by Crippen LogP contribution is 2.69. The van der Waals surface area contributed by atoms with Crippen molar-refractivity contribution in [3.05, 3.63) is 29.6 Å². The number of Topliss-reactive ketones (excluding diaryl/α,β-unsaturated/α-hetero) is 1. The summed E-state index contributed by atoms with van der Waals surface area (Å²) < 4.78 is 47.3.